The first kappa shape index (κ1) is 21.9. The maximum atomic E-state index is 12.7. The Balaban J connectivity index is 1.57. The third kappa shape index (κ3) is 5.83. The van der Waals surface area contributed by atoms with Crippen molar-refractivity contribution in [3.8, 4) is 0 Å². The molecule has 1 aliphatic rings. The third-order valence-corrected chi connectivity index (χ3v) is 8.60. The molecule has 0 saturated heterocycles. The number of rotatable bonds is 7. The van der Waals surface area contributed by atoms with Crippen molar-refractivity contribution in [1.82, 2.24) is 5.32 Å². The molecule has 2 amide bonds. The van der Waals surface area contributed by atoms with E-state index in [0.717, 1.165) is 11.3 Å². The van der Waals surface area contributed by atoms with Crippen LogP contribution in [0.2, 0.25) is 0 Å². The minimum Gasteiger partial charge on any atom is -0.356 e. The van der Waals surface area contributed by atoms with Crippen molar-refractivity contribution in [1.29, 1.82) is 0 Å². The number of aryl methyl sites for hydroxylation is 1. The Labute approximate surface area is 179 Å². The molecular formula is C20H24N2O4S3. The second-order valence-electron chi connectivity index (χ2n) is 7.03. The summed E-state index contributed by atoms with van der Waals surface area (Å²) in [6.45, 7) is 4.48. The zero-order valence-electron chi connectivity index (χ0n) is 16.4. The molecule has 0 bridgehead atoms. The third-order valence-electron chi connectivity index (χ3n) is 4.63. The number of amides is 2. The maximum absolute atomic E-state index is 12.7. The molecule has 156 valence electrons. The number of thioether (sulfide) groups is 1. The molecule has 0 fully saturated rings. The fourth-order valence-corrected chi connectivity index (χ4v) is 6.26. The van der Waals surface area contributed by atoms with Gasteiger partial charge >= 0.3 is 0 Å². The van der Waals surface area contributed by atoms with Crippen molar-refractivity contribution in [2.45, 2.75) is 48.2 Å². The van der Waals surface area contributed by atoms with Gasteiger partial charge < -0.3 is 10.6 Å². The van der Waals surface area contributed by atoms with Crippen LogP contribution in [-0.2, 0) is 25.8 Å². The normalized spacial score (nSPS) is 16.6. The summed E-state index contributed by atoms with van der Waals surface area (Å²) >= 11 is 3.19. The van der Waals surface area contributed by atoms with Gasteiger partial charge in [-0.05, 0) is 48.6 Å². The van der Waals surface area contributed by atoms with Crippen LogP contribution < -0.4 is 10.6 Å². The van der Waals surface area contributed by atoms with Crippen LogP contribution in [0.1, 0.15) is 30.2 Å². The molecule has 2 heterocycles. The fourth-order valence-electron chi connectivity index (χ4n) is 3.03. The van der Waals surface area contributed by atoms with Gasteiger partial charge in [0, 0.05) is 34.4 Å². The predicted octanol–water partition coefficient (Wildman–Crippen LogP) is 3.40. The second kappa shape index (κ2) is 9.32. The molecule has 1 unspecified atom stereocenters. The standard InChI is InChI=1S/C20H24N2O4S3/c1-13-6-9-27-17(13)5-8-21-19(23)7-10-29(25,26)15-3-4-18-16(12-15)22-20(24)11-14(2)28-18/h3-4,6,9,12,14H,5,7-8,10-11H2,1-2H3,(H,21,23)(H,22,24). The van der Waals surface area contributed by atoms with Gasteiger partial charge in [-0.15, -0.1) is 23.1 Å². The number of hydrogen-bond acceptors (Lipinski definition) is 6. The van der Waals surface area contributed by atoms with Crippen LogP contribution in [0.3, 0.4) is 0 Å². The lowest BCUT2D eigenvalue weighted by Gasteiger charge is -2.11. The molecule has 0 aliphatic carbocycles. The number of fused-ring (bicyclic) bond motifs is 1. The molecule has 9 heteroatoms. The number of thiophene rings is 1. The summed E-state index contributed by atoms with van der Waals surface area (Å²) in [6, 6.07) is 6.79. The molecule has 3 rings (SSSR count). The molecule has 1 aliphatic heterocycles. The zero-order chi connectivity index (χ0) is 21.0. The number of carbonyl (C=O) groups is 2. The molecular weight excluding hydrogens is 428 g/mol. The van der Waals surface area contributed by atoms with Crippen LogP contribution in [-0.4, -0.2) is 37.8 Å². The number of anilines is 1. The topological polar surface area (TPSA) is 92.3 Å². The smallest absolute Gasteiger partial charge is 0.225 e. The van der Waals surface area contributed by atoms with Crippen molar-refractivity contribution in [3.63, 3.8) is 0 Å². The minimum atomic E-state index is -3.63. The van der Waals surface area contributed by atoms with Crippen molar-refractivity contribution >= 4 is 50.4 Å². The molecule has 2 aromatic rings. The lowest BCUT2D eigenvalue weighted by Crippen LogP contribution is -2.27. The van der Waals surface area contributed by atoms with Crippen molar-refractivity contribution in [2.75, 3.05) is 17.6 Å². The van der Waals surface area contributed by atoms with Gasteiger partial charge in [0.05, 0.1) is 16.3 Å². The van der Waals surface area contributed by atoms with Crippen LogP contribution in [0, 0.1) is 6.92 Å². The molecule has 1 atom stereocenters. The summed E-state index contributed by atoms with van der Waals surface area (Å²) in [5, 5.41) is 7.70. The Hall–Kier alpha value is -1.84. The first-order valence-electron chi connectivity index (χ1n) is 9.37. The summed E-state index contributed by atoms with van der Waals surface area (Å²) in [4.78, 5) is 26.2. The van der Waals surface area contributed by atoms with Crippen LogP contribution in [0.4, 0.5) is 5.69 Å². The summed E-state index contributed by atoms with van der Waals surface area (Å²) in [5.74, 6) is -0.679. The van der Waals surface area contributed by atoms with E-state index in [4.69, 9.17) is 0 Å². The minimum absolute atomic E-state index is 0.0962. The highest BCUT2D eigenvalue weighted by Gasteiger charge is 2.22. The van der Waals surface area contributed by atoms with Gasteiger partial charge in [0.1, 0.15) is 0 Å². The molecule has 0 radical (unpaired) electrons. The van der Waals surface area contributed by atoms with Gasteiger partial charge in [0.25, 0.3) is 0 Å². The van der Waals surface area contributed by atoms with Gasteiger partial charge in [-0.2, -0.15) is 0 Å². The molecule has 1 aromatic heterocycles. The summed E-state index contributed by atoms with van der Waals surface area (Å²) in [7, 11) is -3.63. The maximum Gasteiger partial charge on any atom is 0.225 e. The lowest BCUT2D eigenvalue weighted by atomic mass is 10.2. The first-order chi connectivity index (χ1) is 13.7. The zero-order valence-corrected chi connectivity index (χ0v) is 18.8. The van der Waals surface area contributed by atoms with Crippen LogP contribution >= 0.6 is 23.1 Å². The SMILES string of the molecule is Cc1ccsc1CCNC(=O)CCS(=O)(=O)c1ccc2c(c1)NC(=O)CC(C)S2. The predicted molar refractivity (Wildman–Crippen MR) is 117 cm³/mol. The van der Waals surface area contributed by atoms with E-state index in [9.17, 15) is 18.0 Å². The monoisotopic (exact) mass is 452 g/mol. The summed E-state index contributed by atoms with van der Waals surface area (Å²) < 4.78 is 25.3. The highest BCUT2D eigenvalue weighted by atomic mass is 32.2. The molecule has 0 spiro atoms. The summed E-state index contributed by atoms with van der Waals surface area (Å²) in [5.41, 5.74) is 1.72. The molecule has 0 saturated carbocycles. The average molecular weight is 453 g/mol. The lowest BCUT2D eigenvalue weighted by molar-refractivity contribution is -0.120. The average Bonchev–Trinajstić information content (AvgIpc) is 2.99. The van der Waals surface area contributed by atoms with E-state index in [1.807, 2.05) is 25.3 Å². The highest BCUT2D eigenvalue weighted by molar-refractivity contribution is 8.00. The van der Waals surface area contributed by atoms with E-state index in [0.29, 0.717) is 18.7 Å². The van der Waals surface area contributed by atoms with Crippen LogP contribution in [0.25, 0.3) is 0 Å². The van der Waals surface area contributed by atoms with E-state index in [1.165, 1.54) is 16.5 Å². The molecule has 6 nitrogen and oxygen atoms in total. The molecule has 2 N–H and O–H groups in total. The fraction of sp³-hybridized carbons (Fsp3) is 0.400. The van der Waals surface area contributed by atoms with E-state index in [2.05, 4.69) is 10.6 Å². The number of sulfone groups is 1. The van der Waals surface area contributed by atoms with Gasteiger partial charge in [-0.25, -0.2) is 8.42 Å². The number of carbonyl (C=O) groups excluding carboxylic acids is 2. The van der Waals surface area contributed by atoms with Gasteiger partial charge in [-0.1, -0.05) is 6.92 Å². The van der Waals surface area contributed by atoms with Crippen molar-refractivity contribution in [2.24, 2.45) is 0 Å². The van der Waals surface area contributed by atoms with E-state index < -0.39 is 9.84 Å². The van der Waals surface area contributed by atoms with Gasteiger partial charge in [-0.3, -0.25) is 9.59 Å². The van der Waals surface area contributed by atoms with Gasteiger partial charge in [0.2, 0.25) is 11.8 Å². The summed E-state index contributed by atoms with van der Waals surface area (Å²) in [6.07, 6.45) is 1.02. The Bertz CT molecular complexity index is 1010. The van der Waals surface area contributed by atoms with Gasteiger partial charge in [0.15, 0.2) is 9.84 Å². The van der Waals surface area contributed by atoms with Crippen molar-refractivity contribution in [3.05, 3.63) is 40.1 Å². The van der Waals surface area contributed by atoms with E-state index >= 15 is 0 Å². The molecule has 1 aromatic carbocycles. The largest absolute Gasteiger partial charge is 0.356 e. The van der Waals surface area contributed by atoms with Crippen LogP contribution in [0.5, 0.6) is 0 Å². The second-order valence-corrected chi connectivity index (χ2v) is 11.6. The molecule has 29 heavy (non-hydrogen) atoms. The first-order valence-corrected chi connectivity index (χ1v) is 12.8. The number of hydrogen-bond donors (Lipinski definition) is 2. The van der Waals surface area contributed by atoms with E-state index in [-0.39, 0.29) is 34.1 Å². The van der Waals surface area contributed by atoms with Crippen LogP contribution in [0.15, 0.2) is 39.4 Å². The number of benzene rings is 1. The quantitative estimate of drug-likeness (QED) is 0.672. The Morgan fingerprint density at radius 1 is 1.31 bits per heavy atom. The highest BCUT2D eigenvalue weighted by Crippen LogP contribution is 2.36. The van der Waals surface area contributed by atoms with E-state index in [1.54, 1.807) is 35.2 Å². The Morgan fingerprint density at radius 2 is 2.10 bits per heavy atom. The Morgan fingerprint density at radius 3 is 2.83 bits per heavy atom. The van der Waals surface area contributed by atoms with Crippen molar-refractivity contribution < 1.29 is 18.0 Å². The number of nitrogens with one attached hydrogen (secondary N) is 2. The Kier molecular flexibility index (Phi) is 7.02.